The zero-order chi connectivity index (χ0) is 20.1. The number of alkyl halides is 3. The second-order valence-corrected chi connectivity index (χ2v) is 8.29. The highest BCUT2D eigenvalue weighted by Crippen LogP contribution is 2.46. The molecule has 2 atom stereocenters. The maximum atomic E-state index is 13.8. The van der Waals surface area contributed by atoms with E-state index in [9.17, 15) is 18.0 Å². The molecule has 2 aromatic rings. The van der Waals surface area contributed by atoms with Crippen molar-refractivity contribution in [1.82, 2.24) is 14.7 Å². The lowest BCUT2D eigenvalue weighted by molar-refractivity contribution is -0.173. The first kappa shape index (κ1) is 19.6. The molecule has 10 heteroatoms. The smallest absolute Gasteiger partial charge is 0.362 e. The molecule has 2 aliphatic rings. The summed E-state index contributed by atoms with van der Waals surface area (Å²) in [6, 6.07) is 4.59. The van der Waals surface area contributed by atoms with Gasteiger partial charge in [0.2, 0.25) is 0 Å². The summed E-state index contributed by atoms with van der Waals surface area (Å²) in [5.41, 5.74) is 0.574. The molecule has 0 saturated carbocycles. The first-order chi connectivity index (χ1) is 13.3. The van der Waals surface area contributed by atoms with Crippen molar-refractivity contribution < 1.29 is 18.0 Å². The molecule has 2 unspecified atom stereocenters. The van der Waals surface area contributed by atoms with E-state index in [4.69, 9.17) is 11.6 Å². The van der Waals surface area contributed by atoms with Crippen LogP contribution < -0.4 is 5.32 Å². The number of fused-ring (bicyclic) bond motifs is 1. The van der Waals surface area contributed by atoms with Crippen LogP contribution in [0.2, 0.25) is 5.02 Å². The first-order valence-corrected chi connectivity index (χ1v) is 10.1. The number of benzene rings is 1. The molecule has 28 heavy (non-hydrogen) atoms. The molecule has 1 N–H and O–H groups in total. The minimum atomic E-state index is -4.52. The molecule has 0 spiro atoms. The molecular formula is C18H17BrClF3N4O. The van der Waals surface area contributed by atoms with Crippen molar-refractivity contribution in [2.24, 2.45) is 0 Å². The Kier molecular flexibility index (Phi) is 5.07. The van der Waals surface area contributed by atoms with Gasteiger partial charge in [-0.15, -0.1) is 0 Å². The Labute approximate surface area is 173 Å². The zero-order valence-electron chi connectivity index (χ0n) is 14.6. The Morgan fingerprint density at radius 3 is 2.46 bits per heavy atom. The van der Waals surface area contributed by atoms with E-state index < -0.39 is 24.2 Å². The summed E-state index contributed by atoms with van der Waals surface area (Å²) in [6.45, 7) is 1.13. The normalized spacial score (nSPS) is 22.1. The van der Waals surface area contributed by atoms with Crippen molar-refractivity contribution >= 4 is 39.3 Å². The van der Waals surface area contributed by atoms with Crippen molar-refractivity contribution in [1.29, 1.82) is 0 Å². The molecule has 0 radical (unpaired) electrons. The predicted molar refractivity (Wildman–Crippen MR) is 103 cm³/mol. The summed E-state index contributed by atoms with van der Waals surface area (Å²) in [6.07, 6.45) is -3.03. The molecule has 1 aromatic heterocycles. The number of likely N-dealkylation sites (tertiary alicyclic amines) is 1. The average molecular weight is 478 g/mol. The molecule has 1 aromatic carbocycles. The molecule has 2 aliphatic heterocycles. The number of halogens is 5. The van der Waals surface area contributed by atoms with Gasteiger partial charge in [-0.3, -0.25) is 4.79 Å². The predicted octanol–water partition coefficient (Wildman–Crippen LogP) is 5.20. The quantitative estimate of drug-likeness (QED) is 0.647. The molecule has 1 amide bonds. The Balaban J connectivity index is 1.73. The standard InChI is InChI=1S/C18H17BrClF3N4O/c19-11-5-3-10(4-6-11)12-9-13(18(21,22)23)27-16(24-12)14(20)15(25-27)17(28)26-7-1-2-8-26/h3-6,12-13,24H,1-2,7-9H2. The Hall–Kier alpha value is -1.74. The van der Waals surface area contributed by atoms with Crippen LogP contribution in [0.15, 0.2) is 28.7 Å². The lowest BCUT2D eigenvalue weighted by atomic mass is 9.97. The fourth-order valence-corrected chi connectivity index (χ4v) is 4.23. The number of aromatic nitrogens is 2. The van der Waals surface area contributed by atoms with Gasteiger partial charge in [-0.05, 0) is 30.5 Å². The maximum Gasteiger partial charge on any atom is 0.410 e. The van der Waals surface area contributed by atoms with Gasteiger partial charge in [0.05, 0.1) is 6.04 Å². The number of carbonyl (C=O) groups is 1. The Morgan fingerprint density at radius 2 is 1.86 bits per heavy atom. The van der Waals surface area contributed by atoms with E-state index in [1.807, 2.05) is 0 Å². The van der Waals surface area contributed by atoms with Gasteiger partial charge in [-0.25, -0.2) is 4.68 Å². The van der Waals surface area contributed by atoms with Crippen LogP contribution >= 0.6 is 27.5 Å². The van der Waals surface area contributed by atoms with Crippen LogP contribution in [0.25, 0.3) is 0 Å². The second kappa shape index (κ2) is 7.26. The zero-order valence-corrected chi connectivity index (χ0v) is 17.0. The summed E-state index contributed by atoms with van der Waals surface area (Å²) in [5.74, 6) is -0.391. The third-order valence-corrected chi connectivity index (χ3v) is 6.05. The summed E-state index contributed by atoms with van der Waals surface area (Å²) >= 11 is 9.66. The summed E-state index contributed by atoms with van der Waals surface area (Å²) < 4.78 is 43.0. The number of hydrogen-bond donors (Lipinski definition) is 1. The van der Waals surface area contributed by atoms with Gasteiger partial charge >= 0.3 is 6.18 Å². The molecule has 1 fully saturated rings. The van der Waals surface area contributed by atoms with E-state index in [1.165, 1.54) is 0 Å². The molecule has 3 heterocycles. The summed E-state index contributed by atoms with van der Waals surface area (Å²) in [5, 5.41) is 6.98. The highest BCUT2D eigenvalue weighted by Gasteiger charge is 2.48. The fraction of sp³-hybridized carbons (Fsp3) is 0.444. The van der Waals surface area contributed by atoms with E-state index >= 15 is 0 Å². The van der Waals surface area contributed by atoms with Gasteiger partial charge in [0, 0.05) is 24.0 Å². The van der Waals surface area contributed by atoms with Crippen LogP contribution in [0, 0.1) is 0 Å². The fourth-order valence-electron chi connectivity index (χ4n) is 3.71. The van der Waals surface area contributed by atoms with Crippen molar-refractivity contribution in [3.63, 3.8) is 0 Å². The van der Waals surface area contributed by atoms with Crippen molar-refractivity contribution in [3.8, 4) is 0 Å². The van der Waals surface area contributed by atoms with Gasteiger partial charge in [-0.2, -0.15) is 18.3 Å². The maximum absolute atomic E-state index is 13.8. The SMILES string of the molecule is O=C(c1nn2c(c1Cl)NC(c1ccc(Br)cc1)CC2C(F)(F)F)N1CCCC1. The molecule has 5 nitrogen and oxygen atoms in total. The third kappa shape index (κ3) is 3.50. The Morgan fingerprint density at radius 1 is 1.21 bits per heavy atom. The third-order valence-electron chi connectivity index (χ3n) is 5.16. The van der Waals surface area contributed by atoms with E-state index in [0.29, 0.717) is 18.7 Å². The number of amides is 1. The van der Waals surface area contributed by atoms with Crippen LogP contribution in [-0.2, 0) is 0 Å². The molecule has 150 valence electrons. The van der Waals surface area contributed by atoms with Gasteiger partial charge < -0.3 is 10.2 Å². The molecule has 1 saturated heterocycles. The number of carbonyl (C=O) groups excluding carboxylic acids is 1. The highest BCUT2D eigenvalue weighted by atomic mass is 79.9. The van der Waals surface area contributed by atoms with E-state index in [2.05, 4.69) is 26.3 Å². The largest absolute Gasteiger partial charge is 0.410 e. The summed E-state index contributed by atoms with van der Waals surface area (Å²) in [7, 11) is 0. The average Bonchev–Trinajstić information content (AvgIpc) is 3.29. The van der Waals surface area contributed by atoms with Crippen LogP contribution in [0.4, 0.5) is 19.0 Å². The first-order valence-electron chi connectivity index (χ1n) is 8.91. The molecule has 0 bridgehead atoms. The number of anilines is 1. The van der Waals surface area contributed by atoms with E-state index in [1.54, 1.807) is 29.2 Å². The minimum absolute atomic E-state index is 0.0331. The van der Waals surface area contributed by atoms with Crippen LogP contribution in [0.3, 0.4) is 0 Å². The van der Waals surface area contributed by atoms with Crippen LogP contribution in [0.5, 0.6) is 0 Å². The molecule has 0 aliphatic carbocycles. The number of hydrogen-bond acceptors (Lipinski definition) is 3. The van der Waals surface area contributed by atoms with Gasteiger partial charge in [-0.1, -0.05) is 39.7 Å². The number of nitrogens with one attached hydrogen (secondary N) is 1. The molecule has 4 rings (SSSR count). The second-order valence-electron chi connectivity index (χ2n) is 7.00. The van der Waals surface area contributed by atoms with Crippen molar-refractivity contribution in [2.45, 2.75) is 37.5 Å². The summed E-state index contributed by atoms with van der Waals surface area (Å²) in [4.78, 5) is 14.3. The lowest BCUT2D eigenvalue weighted by Gasteiger charge is -2.33. The van der Waals surface area contributed by atoms with Gasteiger partial charge in [0.1, 0.15) is 10.8 Å². The van der Waals surface area contributed by atoms with Crippen LogP contribution in [0.1, 0.15) is 47.4 Å². The van der Waals surface area contributed by atoms with Gasteiger partial charge in [0.15, 0.2) is 11.7 Å². The minimum Gasteiger partial charge on any atom is -0.362 e. The van der Waals surface area contributed by atoms with E-state index in [-0.39, 0.29) is 23.0 Å². The van der Waals surface area contributed by atoms with Gasteiger partial charge in [0.25, 0.3) is 5.91 Å². The highest BCUT2D eigenvalue weighted by molar-refractivity contribution is 9.10. The topological polar surface area (TPSA) is 50.2 Å². The molecular weight excluding hydrogens is 461 g/mol. The number of nitrogens with zero attached hydrogens (tertiary/aromatic N) is 3. The monoisotopic (exact) mass is 476 g/mol. The Bertz CT molecular complexity index is 893. The van der Waals surface area contributed by atoms with Crippen LogP contribution in [-0.4, -0.2) is 39.9 Å². The van der Waals surface area contributed by atoms with E-state index in [0.717, 1.165) is 22.0 Å². The number of rotatable bonds is 2. The van der Waals surface area contributed by atoms with Crippen molar-refractivity contribution in [3.05, 3.63) is 45.0 Å². The lowest BCUT2D eigenvalue weighted by Crippen LogP contribution is -2.36. The van der Waals surface area contributed by atoms with Crippen molar-refractivity contribution in [2.75, 3.05) is 18.4 Å².